The van der Waals surface area contributed by atoms with Crippen molar-refractivity contribution in [3.63, 3.8) is 0 Å². The lowest BCUT2D eigenvalue weighted by atomic mass is 10.2. The number of rotatable bonds is 1. The molecule has 1 aromatic carbocycles. The highest BCUT2D eigenvalue weighted by Crippen LogP contribution is 2.24. The minimum Gasteiger partial charge on any atom is -0.440 e. The first-order valence-corrected chi connectivity index (χ1v) is 4.64. The molecule has 0 saturated heterocycles. The maximum Gasteiger partial charge on any atom is 0.195 e. The Morgan fingerprint density at radius 1 is 1.46 bits per heavy atom. The number of benzene rings is 1. The summed E-state index contributed by atoms with van der Waals surface area (Å²) >= 11 is 5.89. The first kappa shape index (κ1) is 8.57. The van der Waals surface area contributed by atoms with Crippen molar-refractivity contribution in [1.82, 2.24) is 4.98 Å². The fourth-order valence-electron chi connectivity index (χ4n) is 1.35. The second-order valence-corrected chi connectivity index (χ2v) is 3.47. The minimum absolute atomic E-state index is 0.709. The predicted molar refractivity (Wildman–Crippen MR) is 53.1 cm³/mol. The molecule has 0 aliphatic heterocycles. The summed E-state index contributed by atoms with van der Waals surface area (Å²) in [5.74, 6) is 0.764. The zero-order valence-corrected chi connectivity index (χ0v) is 8.35. The van der Waals surface area contributed by atoms with E-state index in [1.54, 1.807) is 0 Å². The third-order valence-electron chi connectivity index (χ3n) is 1.99. The number of nitrogens with zero attached hydrogens (tertiary/aromatic N) is 1. The zero-order chi connectivity index (χ0) is 9.42. The molecule has 0 spiro atoms. The fraction of sp³-hybridized carbons (Fsp3) is 0.300. The summed E-state index contributed by atoms with van der Waals surface area (Å²) in [5.41, 5.74) is 2.73. The lowest BCUT2D eigenvalue weighted by Gasteiger charge is -1.93. The second kappa shape index (κ2) is 3.04. The largest absolute Gasteiger partial charge is 0.440 e. The van der Waals surface area contributed by atoms with E-state index < -0.39 is 0 Å². The minimum atomic E-state index is 0.709. The Morgan fingerprint density at radius 3 is 2.92 bits per heavy atom. The van der Waals surface area contributed by atoms with Crippen LogP contribution in [0.25, 0.3) is 11.1 Å². The van der Waals surface area contributed by atoms with Gasteiger partial charge in [-0.25, -0.2) is 4.98 Å². The van der Waals surface area contributed by atoms with E-state index in [-0.39, 0.29) is 0 Å². The summed E-state index contributed by atoms with van der Waals surface area (Å²) in [6, 6.07) is 3.71. The molecule has 0 bridgehead atoms. The van der Waals surface area contributed by atoms with Gasteiger partial charge >= 0.3 is 0 Å². The third kappa shape index (κ3) is 1.42. The van der Waals surface area contributed by atoms with E-state index >= 15 is 0 Å². The van der Waals surface area contributed by atoms with Crippen LogP contribution in [0.15, 0.2) is 16.5 Å². The molecule has 0 fully saturated rings. The second-order valence-electron chi connectivity index (χ2n) is 3.03. The summed E-state index contributed by atoms with van der Waals surface area (Å²) < 4.78 is 5.53. The number of oxazole rings is 1. The van der Waals surface area contributed by atoms with Crippen LogP contribution in [-0.2, 0) is 6.42 Å². The van der Waals surface area contributed by atoms with Crippen LogP contribution < -0.4 is 0 Å². The molecular formula is C10H10ClNO. The van der Waals surface area contributed by atoms with E-state index in [1.165, 1.54) is 0 Å². The fourth-order valence-corrected chi connectivity index (χ4v) is 1.62. The van der Waals surface area contributed by atoms with Crippen LogP contribution in [0, 0.1) is 6.92 Å². The highest BCUT2D eigenvalue weighted by Gasteiger charge is 2.07. The number of aromatic nitrogens is 1. The van der Waals surface area contributed by atoms with E-state index in [0.717, 1.165) is 29.0 Å². The van der Waals surface area contributed by atoms with Gasteiger partial charge in [0.05, 0.1) is 0 Å². The van der Waals surface area contributed by atoms with Crippen molar-refractivity contribution in [2.75, 3.05) is 0 Å². The number of hydrogen-bond acceptors (Lipinski definition) is 2. The lowest BCUT2D eigenvalue weighted by Crippen LogP contribution is -1.76. The molecule has 1 heterocycles. The molecule has 0 aliphatic carbocycles. The van der Waals surface area contributed by atoms with Crippen molar-refractivity contribution in [3.05, 3.63) is 28.6 Å². The molecule has 68 valence electrons. The van der Waals surface area contributed by atoms with Crippen LogP contribution in [0.2, 0.25) is 5.02 Å². The maximum atomic E-state index is 5.89. The van der Waals surface area contributed by atoms with Crippen molar-refractivity contribution in [2.24, 2.45) is 0 Å². The molecule has 0 aliphatic rings. The molecular weight excluding hydrogens is 186 g/mol. The Hall–Kier alpha value is -1.02. The molecule has 0 N–H and O–H groups in total. The van der Waals surface area contributed by atoms with Gasteiger partial charge < -0.3 is 4.42 Å². The number of fused-ring (bicyclic) bond motifs is 1. The molecule has 3 heteroatoms. The monoisotopic (exact) mass is 195 g/mol. The summed E-state index contributed by atoms with van der Waals surface area (Å²) in [4.78, 5) is 4.30. The molecule has 0 saturated carbocycles. The smallest absolute Gasteiger partial charge is 0.195 e. The standard InChI is InChI=1S/C10H10ClNO/c1-3-9-12-8-5-7(11)4-6(2)10(8)13-9/h4-5H,3H2,1-2H3. The Kier molecular flexibility index (Phi) is 2.00. The van der Waals surface area contributed by atoms with Gasteiger partial charge in [-0.1, -0.05) is 18.5 Å². The normalized spacial score (nSPS) is 11.0. The average Bonchev–Trinajstić information content (AvgIpc) is 2.47. The Labute approximate surface area is 81.5 Å². The van der Waals surface area contributed by atoms with Crippen LogP contribution in [0.5, 0.6) is 0 Å². The van der Waals surface area contributed by atoms with E-state index in [2.05, 4.69) is 4.98 Å². The number of aryl methyl sites for hydroxylation is 2. The van der Waals surface area contributed by atoms with Crippen molar-refractivity contribution < 1.29 is 4.42 Å². The van der Waals surface area contributed by atoms with Crippen LogP contribution >= 0.6 is 11.6 Å². The van der Waals surface area contributed by atoms with E-state index in [1.807, 2.05) is 26.0 Å². The van der Waals surface area contributed by atoms with Gasteiger partial charge in [0.25, 0.3) is 0 Å². The molecule has 1 aromatic heterocycles. The van der Waals surface area contributed by atoms with Crippen molar-refractivity contribution in [2.45, 2.75) is 20.3 Å². The Balaban J connectivity index is 2.75. The first-order chi connectivity index (χ1) is 6.20. The lowest BCUT2D eigenvalue weighted by molar-refractivity contribution is 0.536. The summed E-state index contributed by atoms with van der Waals surface area (Å²) in [6.45, 7) is 3.99. The van der Waals surface area contributed by atoms with Crippen molar-refractivity contribution >= 4 is 22.7 Å². The van der Waals surface area contributed by atoms with Gasteiger partial charge in [0.2, 0.25) is 0 Å². The first-order valence-electron chi connectivity index (χ1n) is 4.26. The summed E-state index contributed by atoms with van der Waals surface area (Å²) in [7, 11) is 0. The molecule has 13 heavy (non-hydrogen) atoms. The van der Waals surface area contributed by atoms with E-state index in [0.29, 0.717) is 5.02 Å². The molecule has 0 unspecified atom stereocenters. The van der Waals surface area contributed by atoms with Gasteiger partial charge in [-0.15, -0.1) is 0 Å². The van der Waals surface area contributed by atoms with Crippen molar-refractivity contribution in [3.8, 4) is 0 Å². The van der Waals surface area contributed by atoms with E-state index in [9.17, 15) is 0 Å². The van der Waals surface area contributed by atoms with Gasteiger partial charge in [0, 0.05) is 11.4 Å². The highest BCUT2D eigenvalue weighted by molar-refractivity contribution is 6.31. The topological polar surface area (TPSA) is 26.0 Å². The predicted octanol–water partition coefficient (Wildman–Crippen LogP) is 3.35. The Morgan fingerprint density at radius 2 is 2.23 bits per heavy atom. The molecule has 0 amide bonds. The van der Waals surface area contributed by atoms with Crippen LogP contribution in [0.1, 0.15) is 18.4 Å². The molecule has 2 aromatic rings. The van der Waals surface area contributed by atoms with Crippen LogP contribution in [-0.4, -0.2) is 4.98 Å². The molecule has 2 rings (SSSR count). The average molecular weight is 196 g/mol. The number of hydrogen-bond donors (Lipinski definition) is 0. The van der Waals surface area contributed by atoms with Gasteiger partial charge in [0.1, 0.15) is 5.52 Å². The maximum absolute atomic E-state index is 5.89. The number of halogens is 1. The zero-order valence-electron chi connectivity index (χ0n) is 7.60. The SMILES string of the molecule is CCc1nc2cc(Cl)cc(C)c2o1. The molecule has 0 atom stereocenters. The van der Waals surface area contributed by atoms with Gasteiger partial charge in [-0.05, 0) is 24.6 Å². The van der Waals surface area contributed by atoms with Crippen molar-refractivity contribution in [1.29, 1.82) is 0 Å². The van der Waals surface area contributed by atoms with Gasteiger partial charge in [-0.2, -0.15) is 0 Å². The molecule has 0 radical (unpaired) electrons. The summed E-state index contributed by atoms with van der Waals surface area (Å²) in [6.07, 6.45) is 0.811. The van der Waals surface area contributed by atoms with Crippen LogP contribution in [0.4, 0.5) is 0 Å². The quantitative estimate of drug-likeness (QED) is 0.698. The molecule has 2 nitrogen and oxygen atoms in total. The Bertz CT molecular complexity index is 447. The van der Waals surface area contributed by atoms with Gasteiger partial charge in [-0.3, -0.25) is 0 Å². The summed E-state index contributed by atoms with van der Waals surface area (Å²) in [5, 5.41) is 0.709. The third-order valence-corrected chi connectivity index (χ3v) is 2.21. The van der Waals surface area contributed by atoms with Gasteiger partial charge in [0.15, 0.2) is 11.5 Å². The van der Waals surface area contributed by atoms with E-state index in [4.69, 9.17) is 16.0 Å². The van der Waals surface area contributed by atoms with Crippen LogP contribution in [0.3, 0.4) is 0 Å². The highest BCUT2D eigenvalue weighted by atomic mass is 35.5.